The Hall–Kier alpha value is -2.86. The molecule has 1 aliphatic heterocycles. The normalized spacial score (nSPS) is 19.5. The Kier molecular flexibility index (Phi) is 6.04. The van der Waals surface area contributed by atoms with Crippen LogP contribution in [0, 0.1) is 0 Å². The van der Waals surface area contributed by atoms with Gasteiger partial charge in [-0.05, 0) is 42.0 Å². The first kappa shape index (κ1) is 20.4. The average molecular weight is 408 g/mol. The fraction of sp³-hybridized carbons (Fsp3) is 0.417. The van der Waals surface area contributed by atoms with Crippen LogP contribution in [0.5, 0.6) is 5.75 Å². The number of benzene rings is 2. The van der Waals surface area contributed by atoms with Crippen LogP contribution in [0.4, 0.5) is 0 Å². The molecular weight excluding hydrogens is 380 g/mol. The van der Waals surface area contributed by atoms with E-state index in [4.69, 9.17) is 10.5 Å². The number of nitrogens with two attached hydrogens (primary N) is 1. The molecule has 1 aliphatic carbocycles. The number of aliphatic hydroxyl groups excluding tert-OH is 1. The Balaban J connectivity index is 1.53. The molecule has 158 valence electrons. The van der Waals surface area contributed by atoms with Crippen molar-refractivity contribution in [1.82, 2.24) is 4.90 Å². The van der Waals surface area contributed by atoms with E-state index in [1.165, 1.54) is 43.7 Å². The molecule has 0 saturated heterocycles. The lowest BCUT2D eigenvalue weighted by atomic mass is 9.81. The van der Waals surface area contributed by atoms with Gasteiger partial charge < -0.3 is 20.5 Å². The van der Waals surface area contributed by atoms with Crippen LogP contribution < -0.4 is 10.5 Å². The molecule has 0 spiro atoms. The minimum atomic E-state index is -1.16. The Morgan fingerprint density at radius 1 is 1.10 bits per heavy atom. The van der Waals surface area contributed by atoms with Gasteiger partial charge in [-0.25, -0.2) is 0 Å². The summed E-state index contributed by atoms with van der Waals surface area (Å²) in [5.41, 5.74) is 8.73. The van der Waals surface area contributed by atoms with Crippen molar-refractivity contribution in [3.05, 3.63) is 64.7 Å². The summed E-state index contributed by atoms with van der Waals surface area (Å²) in [6.07, 6.45) is 5.27. The van der Waals surface area contributed by atoms with Gasteiger partial charge in [0.05, 0.1) is 13.0 Å². The van der Waals surface area contributed by atoms with Crippen LogP contribution in [0.15, 0.2) is 42.5 Å². The number of fused-ring (bicyclic) bond motifs is 1. The molecule has 2 amide bonds. The molecule has 1 saturated carbocycles. The molecule has 30 heavy (non-hydrogen) atoms. The van der Waals surface area contributed by atoms with Gasteiger partial charge in [0.2, 0.25) is 18.1 Å². The minimum Gasteiger partial charge on any atom is -0.463 e. The molecule has 2 aromatic rings. The van der Waals surface area contributed by atoms with Crippen molar-refractivity contribution in [3.63, 3.8) is 0 Å². The fourth-order valence-corrected chi connectivity index (χ4v) is 4.56. The highest BCUT2D eigenvalue weighted by Gasteiger charge is 2.27. The number of primary amides is 1. The second-order valence-electron chi connectivity index (χ2n) is 8.24. The molecule has 0 radical (unpaired) electrons. The van der Waals surface area contributed by atoms with E-state index in [0.29, 0.717) is 30.2 Å². The Morgan fingerprint density at radius 3 is 2.63 bits per heavy atom. The van der Waals surface area contributed by atoms with E-state index < -0.39 is 12.2 Å². The summed E-state index contributed by atoms with van der Waals surface area (Å²) in [6.45, 7) is 0.390. The second-order valence-corrected chi connectivity index (χ2v) is 8.24. The highest BCUT2D eigenvalue weighted by molar-refractivity contribution is 5.93. The first-order valence-electron chi connectivity index (χ1n) is 10.6. The highest BCUT2D eigenvalue weighted by atomic mass is 16.6. The Morgan fingerprint density at radius 2 is 1.87 bits per heavy atom. The van der Waals surface area contributed by atoms with Crippen molar-refractivity contribution in [3.8, 4) is 5.75 Å². The lowest BCUT2D eigenvalue weighted by Crippen LogP contribution is -2.38. The van der Waals surface area contributed by atoms with Crippen LogP contribution in [0.3, 0.4) is 0 Å². The summed E-state index contributed by atoms with van der Waals surface area (Å²) < 4.78 is 5.55. The summed E-state index contributed by atoms with van der Waals surface area (Å²) in [7, 11) is 0. The number of ether oxygens (including phenoxy) is 1. The number of carbonyl (C=O) groups is 2. The second kappa shape index (κ2) is 8.88. The molecular formula is C24H28N2O4. The number of amides is 2. The zero-order chi connectivity index (χ0) is 21.1. The van der Waals surface area contributed by atoms with Crippen molar-refractivity contribution >= 4 is 11.8 Å². The SMILES string of the molecule is NC(=O)c1ccc2c(c1)OC(O)CN(C(=O)Cc1ccccc1C1CCCCC1)C2. The van der Waals surface area contributed by atoms with Crippen molar-refractivity contribution in [2.45, 2.75) is 57.3 Å². The first-order chi connectivity index (χ1) is 14.5. The van der Waals surface area contributed by atoms with E-state index >= 15 is 0 Å². The van der Waals surface area contributed by atoms with Crippen molar-refractivity contribution in [2.24, 2.45) is 5.73 Å². The lowest BCUT2D eigenvalue weighted by Gasteiger charge is -2.26. The monoisotopic (exact) mass is 408 g/mol. The van der Waals surface area contributed by atoms with Crippen molar-refractivity contribution < 1.29 is 19.4 Å². The highest BCUT2D eigenvalue weighted by Crippen LogP contribution is 2.35. The van der Waals surface area contributed by atoms with Gasteiger partial charge >= 0.3 is 0 Å². The molecule has 4 rings (SSSR count). The Bertz CT molecular complexity index is 937. The van der Waals surface area contributed by atoms with Crippen LogP contribution >= 0.6 is 0 Å². The van der Waals surface area contributed by atoms with Gasteiger partial charge in [-0.2, -0.15) is 0 Å². The fourth-order valence-electron chi connectivity index (χ4n) is 4.56. The number of β-amino-alcohol motifs (C(OH)–C–C–N with tert-alkyl or cyclic N) is 1. The maximum atomic E-state index is 13.2. The molecule has 1 fully saturated rings. The van der Waals surface area contributed by atoms with Gasteiger partial charge in [0.1, 0.15) is 5.75 Å². The third-order valence-electron chi connectivity index (χ3n) is 6.15. The van der Waals surface area contributed by atoms with E-state index in [0.717, 1.165) is 11.1 Å². The van der Waals surface area contributed by atoms with Gasteiger partial charge in [-0.1, -0.05) is 49.6 Å². The predicted octanol–water partition coefficient (Wildman–Crippen LogP) is 3.12. The van der Waals surface area contributed by atoms with E-state index in [-0.39, 0.29) is 12.5 Å². The lowest BCUT2D eigenvalue weighted by molar-refractivity contribution is -0.135. The summed E-state index contributed by atoms with van der Waals surface area (Å²) in [6, 6.07) is 13.1. The number of carbonyl (C=O) groups excluding carboxylic acids is 2. The molecule has 2 aromatic carbocycles. The summed E-state index contributed by atoms with van der Waals surface area (Å²) >= 11 is 0. The molecule has 0 aromatic heterocycles. The first-order valence-corrected chi connectivity index (χ1v) is 10.6. The largest absolute Gasteiger partial charge is 0.463 e. The third kappa shape index (κ3) is 4.49. The number of hydrogen-bond acceptors (Lipinski definition) is 4. The summed E-state index contributed by atoms with van der Waals surface area (Å²) in [5.74, 6) is 0.297. The number of aliphatic hydroxyl groups is 1. The van der Waals surface area contributed by atoms with Crippen LogP contribution in [0.2, 0.25) is 0 Å². The number of rotatable bonds is 4. The quantitative estimate of drug-likeness (QED) is 0.813. The molecule has 6 heteroatoms. The van der Waals surface area contributed by atoms with Gasteiger partial charge in [-0.15, -0.1) is 0 Å². The third-order valence-corrected chi connectivity index (χ3v) is 6.15. The van der Waals surface area contributed by atoms with Gasteiger partial charge in [0.15, 0.2) is 0 Å². The Labute approximate surface area is 176 Å². The molecule has 2 aliphatic rings. The predicted molar refractivity (Wildman–Crippen MR) is 113 cm³/mol. The smallest absolute Gasteiger partial charge is 0.248 e. The maximum Gasteiger partial charge on any atom is 0.248 e. The summed E-state index contributed by atoms with van der Waals surface area (Å²) in [4.78, 5) is 26.2. The minimum absolute atomic E-state index is 0.0484. The van der Waals surface area contributed by atoms with Crippen LogP contribution in [-0.2, 0) is 17.8 Å². The van der Waals surface area contributed by atoms with E-state index in [1.807, 2.05) is 18.2 Å². The zero-order valence-electron chi connectivity index (χ0n) is 17.0. The number of nitrogens with zero attached hydrogens (tertiary/aromatic N) is 1. The molecule has 6 nitrogen and oxygen atoms in total. The number of hydrogen-bond donors (Lipinski definition) is 2. The zero-order valence-corrected chi connectivity index (χ0v) is 17.0. The summed E-state index contributed by atoms with van der Waals surface area (Å²) in [5, 5.41) is 10.3. The van der Waals surface area contributed by atoms with Gasteiger partial charge in [-0.3, -0.25) is 9.59 Å². The van der Waals surface area contributed by atoms with Crippen LogP contribution in [0.25, 0.3) is 0 Å². The van der Waals surface area contributed by atoms with Crippen LogP contribution in [-0.4, -0.2) is 34.7 Å². The average Bonchev–Trinajstić information content (AvgIpc) is 2.92. The maximum absolute atomic E-state index is 13.2. The molecule has 1 atom stereocenters. The molecule has 3 N–H and O–H groups in total. The standard InChI is InChI=1S/C24H28N2O4/c25-24(29)18-10-11-19-14-26(15-23(28)30-21(19)12-18)22(27)13-17-8-4-5-9-20(17)16-6-2-1-3-7-16/h4-5,8-12,16,23,28H,1-3,6-7,13-15H2,(H2,25,29). The van der Waals surface area contributed by atoms with Gasteiger partial charge in [0.25, 0.3) is 0 Å². The van der Waals surface area contributed by atoms with E-state index in [2.05, 4.69) is 6.07 Å². The topological polar surface area (TPSA) is 92.9 Å². The van der Waals surface area contributed by atoms with Crippen LogP contribution in [0.1, 0.15) is 65.1 Å². The van der Waals surface area contributed by atoms with Crippen molar-refractivity contribution in [1.29, 1.82) is 0 Å². The van der Waals surface area contributed by atoms with Crippen molar-refractivity contribution in [2.75, 3.05) is 6.54 Å². The van der Waals surface area contributed by atoms with Gasteiger partial charge in [0, 0.05) is 17.7 Å². The molecule has 1 heterocycles. The molecule has 1 unspecified atom stereocenters. The molecule has 0 bridgehead atoms. The van der Waals surface area contributed by atoms with E-state index in [1.54, 1.807) is 17.0 Å². The van der Waals surface area contributed by atoms with E-state index in [9.17, 15) is 14.7 Å².